The van der Waals surface area contributed by atoms with Gasteiger partial charge in [-0.3, -0.25) is 9.80 Å². The highest BCUT2D eigenvalue weighted by Crippen LogP contribution is 2.10. The highest BCUT2D eigenvalue weighted by molar-refractivity contribution is 4.91. The van der Waals surface area contributed by atoms with E-state index in [0.717, 1.165) is 32.7 Å². The van der Waals surface area contributed by atoms with E-state index in [4.69, 9.17) is 0 Å². The molecule has 0 saturated carbocycles. The van der Waals surface area contributed by atoms with Crippen molar-refractivity contribution in [3.8, 4) is 0 Å². The van der Waals surface area contributed by atoms with Gasteiger partial charge in [0.25, 0.3) is 0 Å². The number of nitrogens with zero attached hydrogens (tertiary/aromatic N) is 2. The lowest BCUT2D eigenvalue weighted by Crippen LogP contribution is -2.50. The molecule has 0 aliphatic carbocycles. The van der Waals surface area contributed by atoms with Gasteiger partial charge in [0, 0.05) is 58.9 Å². The number of hydrogen-bond donors (Lipinski definition) is 2. The lowest BCUT2D eigenvalue weighted by molar-refractivity contribution is 0.182. The summed E-state index contributed by atoms with van der Waals surface area (Å²) in [4.78, 5) is 5.08. The third kappa shape index (κ3) is 3.41. The molecule has 0 bridgehead atoms. The first-order valence-electron chi connectivity index (χ1n) is 6.07. The Bertz CT molecular complexity index is 173. The molecule has 0 aromatic carbocycles. The molecule has 0 aromatic rings. The van der Waals surface area contributed by atoms with E-state index in [2.05, 4.69) is 27.4 Å². The van der Waals surface area contributed by atoms with E-state index in [9.17, 15) is 0 Å². The number of piperazine rings is 2. The Labute approximate surface area is 93.0 Å². The summed E-state index contributed by atoms with van der Waals surface area (Å²) in [5.41, 5.74) is 0. The van der Waals surface area contributed by atoms with E-state index in [1.807, 2.05) is 0 Å². The minimum atomic E-state index is 1.14. The summed E-state index contributed by atoms with van der Waals surface area (Å²) in [5.74, 6) is 0. The third-order valence-corrected chi connectivity index (χ3v) is 3.32. The molecule has 0 atom stereocenters. The van der Waals surface area contributed by atoms with Crippen molar-refractivity contribution < 1.29 is 0 Å². The zero-order valence-corrected chi connectivity index (χ0v) is 9.76. The van der Waals surface area contributed by atoms with E-state index < -0.39 is 0 Å². The highest BCUT2D eigenvalue weighted by atomic mass is 15.3. The minimum Gasteiger partial charge on any atom is -0.314 e. The largest absolute Gasteiger partial charge is 0.314 e. The fraction of sp³-hybridized carbons (Fsp3) is 0.909. The fourth-order valence-electron chi connectivity index (χ4n) is 2.34. The molecule has 2 saturated heterocycles. The Kier molecular flexibility index (Phi) is 4.38. The second kappa shape index (κ2) is 5.80. The maximum Gasteiger partial charge on any atom is 0.0502 e. The molecule has 87 valence electrons. The molecule has 2 rings (SSSR count). The number of nitrogens with one attached hydrogen (secondary N) is 2. The van der Waals surface area contributed by atoms with Crippen LogP contribution >= 0.6 is 0 Å². The molecular weight excluding hydrogens is 188 g/mol. The zero-order valence-electron chi connectivity index (χ0n) is 9.76. The quantitative estimate of drug-likeness (QED) is 0.649. The maximum absolute atomic E-state index is 3.39. The number of rotatable bonds is 3. The fourth-order valence-corrected chi connectivity index (χ4v) is 2.34. The van der Waals surface area contributed by atoms with Gasteiger partial charge in [-0.1, -0.05) is 0 Å². The Morgan fingerprint density at radius 1 is 0.933 bits per heavy atom. The summed E-state index contributed by atoms with van der Waals surface area (Å²) >= 11 is 0. The molecule has 0 aromatic heterocycles. The average molecular weight is 211 g/mol. The Hall–Kier alpha value is -0.160. The van der Waals surface area contributed by atoms with Gasteiger partial charge in [-0.15, -0.1) is 0 Å². The van der Waals surface area contributed by atoms with Crippen LogP contribution in [0.5, 0.6) is 0 Å². The summed E-state index contributed by atoms with van der Waals surface area (Å²) in [6.07, 6.45) is 0. The van der Waals surface area contributed by atoms with Crippen molar-refractivity contribution in [2.75, 3.05) is 58.9 Å². The highest BCUT2D eigenvalue weighted by Gasteiger charge is 2.20. The monoisotopic (exact) mass is 211 g/mol. The first kappa shape index (κ1) is 11.3. The van der Waals surface area contributed by atoms with Crippen LogP contribution in [0.4, 0.5) is 0 Å². The maximum atomic E-state index is 3.39. The molecule has 15 heavy (non-hydrogen) atoms. The van der Waals surface area contributed by atoms with Crippen LogP contribution in [0, 0.1) is 6.04 Å². The van der Waals surface area contributed by atoms with E-state index >= 15 is 0 Å². The van der Waals surface area contributed by atoms with Gasteiger partial charge in [0.15, 0.2) is 0 Å². The van der Waals surface area contributed by atoms with Crippen molar-refractivity contribution in [3.63, 3.8) is 0 Å². The lowest BCUT2D eigenvalue weighted by Gasteiger charge is -2.36. The van der Waals surface area contributed by atoms with Crippen LogP contribution in [-0.2, 0) is 0 Å². The van der Waals surface area contributed by atoms with Crippen LogP contribution in [0.3, 0.4) is 0 Å². The van der Waals surface area contributed by atoms with Crippen molar-refractivity contribution in [1.82, 2.24) is 20.4 Å². The summed E-state index contributed by atoms with van der Waals surface area (Å²) in [6, 6.07) is 1.54. The van der Waals surface area contributed by atoms with Crippen molar-refractivity contribution in [2.45, 2.75) is 6.92 Å². The zero-order chi connectivity index (χ0) is 10.5. The standard InChI is InChI=1S/C11H23N4/c1-11(15-8-4-13-5-9-15)10-14-6-2-12-3-7-14/h12-13H,2-10H2,1H3. The molecule has 1 radical (unpaired) electrons. The molecule has 0 amide bonds. The molecule has 2 aliphatic rings. The lowest BCUT2D eigenvalue weighted by atomic mass is 10.2. The van der Waals surface area contributed by atoms with E-state index in [1.165, 1.54) is 26.2 Å². The second-order valence-electron chi connectivity index (χ2n) is 4.50. The third-order valence-electron chi connectivity index (χ3n) is 3.32. The van der Waals surface area contributed by atoms with Crippen LogP contribution in [0.15, 0.2) is 0 Å². The molecule has 2 heterocycles. The summed E-state index contributed by atoms with van der Waals surface area (Å²) in [7, 11) is 0. The van der Waals surface area contributed by atoms with Crippen molar-refractivity contribution in [3.05, 3.63) is 6.04 Å². The number of hydrogen-bond acceptors (Lipinski definition) is 4. The van der Waals surface area contributed by atoms with Crippen LogP contribution in [0.25, 0.3) is 0 Å². The summed E-state index contributed by atoms with van der Waals surface area (Å²) in [5, 5.41) is 6.79. The first-order valence-corrected chi connectivity index (χ1v) is 6.07. The topological polar surface area (TPSA) is 30.5 Å². The smallest absolute Gasteiger partial charge is 0.0502 e. The van der Waals surface area contributed by atoms with Gasteiger partial charge >= 0.3 is 0 Å². The molecule has 4 nitrogen and oxygen atoms in total. The molecule has 0 unspecified atom stereocenters. The van der Waals surface area contributed by atoms with Crippen molar-refractivity contribution in [1.29, 1.82) is 0 Å². The van der Waals surface area contributed by atoms with Gasteiger partial charge in [-0.25, -0.2) is 0 Å². The van der Waals surface area contributed by atoms with Crippen LogP contribution < -0.4 is 10.6 Å². The summed E-state index contributed by atoms with van der Waals surface area (Å²) in [6.45, 7) is 12.8. The van der Waals surface area contributed by atoms with Crippen LogP contribution in [-0.4, -0.2) is 68.7 Å². The van der Waals surface area contributed by atoms with Gasteiger partial charge < -0.3 is 10.6 Å². The van der Waals surface area contributed by atoms with Crippen molar-refractivity contribution >= 4 is 0 Å². The van der Waals surface area contributed by atoms with Gasteiger partial charge in [0.1, 0.15) is 0 Å². The predicted octanol–water partition coefficient (Wildman–Crippen LogP) is -0.651. The summed E-state index contributed by atoms with van der Waals surface area (Å²) < 4.78 is 0. The molecular formula is C11H23N4. The van der Waals surface area contributed by atoms with E-state index in [-0.39, 0.29) is 0 Å². The van der Waals surface area contributed by atoms with Crippen LogP contribution in [0.2, 0.25) is 0 Å². The average Bonchev–Trinajstić information content (AvgIpc) is 2.31. The van der Waals surface area contributed by atoms with Gasteiger partial charge in [-0.05, 0) is 6.92 Å². The Morgan fingerprint density at radius 2 is 1.47 bits per heavy atom. The molecule has 2 fully saturated rings. The van der Waals surface area contributed by atoms with Crippen molar-refractivity contribution in [2.24, 2.45) is 0 Å². The first-order chi connectivity index (χ1) is 7.36. The Morgan fingerprint density at radius 3 is 2.07 bits per heavy atom. The second-order valence-corrected chi connectivity index (χ2v) is 4.50. The van der Waals surface area contributed by atoms with Gasteiger partial charge in [-0.2, -0.15) is 0 Å². The molecule has 4 heteroatoms. The normalized spacial score (nSPS) is 26.0. The molecule has 0 spiro atoms. The van der Waals surface area contributed by atoms with Crippen LogP contribution in [0.1, 0.15) is 6.92 Å². The SMILES string of the molecule is C[C](CN1CCNCC1)N1CCNCC1. The van der Waals surface area contributed by atoms with E-state index in [0.29, 0.717) is 0 Å². The van der Waals surface area contributed by atoms with Gasteiger partial charge in [0.2, 0.25) is 0 Å². The molecule has 2 N–H and O–H groups in total. The van der Waals surface area contributed by atoms with E-state index in [1.54, 1.807) is 6.04 Å². The van der Waals surface area contributed by atoms with Gasteiger partial charge in [0.05, 0.1) is 6.04 Å². The Balaban J connectivity index is 1.72. The molecule has 2 aliphatic heterocycles. The minimum absolute atomic E-state index is 1.14. The predicted molar refractivity (Wildman–Crippen MR) is 62.7 cm³/mol.